The van der Waals surface area contributed by atoms with Gasteiger partial charge in [-0.3, -0.25) is 0 Å². The first-order valence-electron chi connectivity index (χ1n) is 22.8. The summed E-state index contributed by atoms with van der Waals surface area (Å²) in [5, 5.41) is 37.0. The maximum atomic E-state index is 11.3. The third-order valence-corrected chi connectivity index (χ3v) is 12.6. The van der Waals surface area contributed by atoms with Crippen LogP contribution in [-0.2, 0) is 4.74 Å². The minimum atomic E-state index is -0.266. The molecule has 4 atom stereocenters. The van der Waals surface area contributed by atoms with Crippen molar-refractivity contribution in [2.24, 2.45) is 35.5 Å². The van der Waals surface area contributed by atoms with E-state index in [-0.39, 0.29) is 5.97 Å². The van der Waals surface area contributed by atoms with Crippen LogP contribution in [0, 0.1) is 42.4 Å². The average Bonchev–Trinajstić information content (AvgIpc) is 4.09. The Balaban J connectivity index is 0.000000179. The fourth-order valence-electron chi connectivity index (χ4n) is 7.79. The van der Waals surface area contributed by atoms with Gasteiger partial charge in [0.15, 0.2) is 12.7 Å². The van der Waals surface area contributed by atoms with Gasteiger partial charge < -0.3 is 15.4 Å². The molecule has 0 spiro atoms. The molecule has 13 heteroatoms. The highest BCUT2D eigenvalue weighted by Gasteiger charge is 2.36. The van der Waals surface area contributed by atoms with Gasteiger partial charge in [-0.25, -0.2) is 4.79 Å². The number of ether oxygens (including phenoxy) is 1. The van der Waals surface area contributed by atoms with E-state index < -0.39 is 0 Å². The summed E-state index contributed by atoms with van der Waals surface area (Å²) < 4.78 is 4.68. The minimum Gasteiger partial charge on any atom is -0.465 e. The molecule has 5 aromatic rings. The molecule has 8 rings (SSSR count). The molecule has 0 radical (unpaired) electrons. The van der Waals surface area contributed by atoms with E-state index >= 15 is 0 Å². The number of carbonyl (C=O) groups is 1. The number of hydrogen-bond donors (Lipinski definition) is 2. The van der Waals surface area contributed by atoms with Crippen molar-refractivity contribution in [3.8, 4) is 22.8 Å². The number of aromatic nitrogens is 8. The number of hydrogen-bond acceptors (Lipinski definition) is 13. The lowest BCUT2D eigenvalue weighted by Gasteiger charge is -2.21. The highest BCUT2D eigenvalue weighted by molar-refractivity contribution is 7.99. The normalized spacial score (nSPS) is 18.0. The second kappa shape index (κ2) is 26.5. The van der Waals surface area contributed by atoms with Crippen LogP contribution in [0.25, 0.3) is 22.8 Å². The molecule has 1 saturated heterocycles. The Hall–Kier alpha value is -5.30. The molecule has 344 valence electrons. The smallest absolute Gasteiger partial charge is 0.338 e. The van der Waals surface area contributed by atoms with Crippen LogP contribution in [-0.4, -0.2) is 77.5 Å². The van der Waals surface area contributed by atoms with Gasteiger partial charge in [0.1, 0.15) is 0 Å². The first-order valence-corrected chi connectivity index (χ1v) is 24.0. The predicted octanol–water partition coefficient (Wildman–Crippen LogP) is 11.7. The number of aryl methyl sites for hydroxylation is 1. The number of allylic oxidation sites excluding steroid dienone is 2. The van der Waals surface area contributed by atoms with Gasteiger partial charge in [0.05, 0.1) is 12.7 Å². The zero-order valence-electron chi connectivity index (χ0n) is 40.2. The zero-order chi connectivity index (χ0) is 46.6. The maximum Gasteiger partial charge on any atom is 0.338 e. The summed E-state index contributed by atoms with van der Waals surface area (Å²) in [4.78, 5) is 11.3. The largest absolute Gasteiger partial charge is 0.465 e. The fraction of sp³-hybridized carbons (Fsp3) is 0.510. The Bertz CT molecular complexity index is 2020. The highest BCUT2D eigenvalue weighted by atomic mass is 32.2. The molecule has 4 unspecified atom stereocenters. The van der Waals surface area contributed by atoms with E-state index in [1.807, 2.05) is 73.7 Å². The monoisotopic (exact) mass is 889 g/mol. The summed E-state index contributed by atoms with van der Waals surface area (Å²) in [6, 6.07) is 22.4. The minimum absolute atomic E-state index is 0.266. The lowest BCUT2D eigenvalue weighted by Crippen LogP contribution is -2.13. The van der Waals surface area contributed by atoms with Crippen LogP contribution in [0.2, 0.25) is 0 Å². The van der Waals surface area contributed by atoms with E-state index in [2.05, 4.69) is 149 Å². The third kappa shape index (κ3) is 17.0. The molecule has 3 heterocycles. The Morgan fingerprint density at radius 3 is 1.50 bits per heavy atom. The number of benzene rings is 3. The molecule has 2 fully saturated rings. The summed E-state index contributed by atoms with van der Waals surface area (Å²) >= 11 is 2.11. The van der Waals surface area contributed by atoms with Crippen LogP contribution in [0.5, 0.6) is 0 Å². The third-order valence-electron chi connectivity index (χ3n) is 11.4. The van der Waals surface area contributed by atoms with E-state index in [0.717, 1.165) is 63.6 Å². The second-order valence-electron chi connectivity index (χ2n) is 18.3. The van der Waals surface area contributed by atoms with E-state index in [0.29, 0.717) is 35.2 Å². The number of thioether (sulfide) groups is 1. The Labute approximate surface area is 387 Å². The van der Waals surface area contributed by atoms with Crippen molar-refractivity contribution in [3.63, 3.8) is 0 Å². The Morgan fingerprint density at radius 2 is 1.19 bits per heavy atom. The summed E-state index contributed by atoms with van der Waals surface area (Å²) in [5.74, 6) is 9.89. The van der Waals surface area contributed by atoms with Crippen molar-refractivity contribution >= 4 is 29.1 Å². The van der Waals surface area contributed by atoms with Crippen LogP contribution in [0.4, 0.5) is 11.4 Å². The first-order chi connectivity index (χ1) is 30.6. The number of nitrogens with zero attached hydrogens (tertiary/aromatic N) is 8. The highest BCUT2D eigenvalue weighted by Crippen LogP contribution is 2.46. The standard InChI is InChI=1S/C12H16O2.2C11H13N5.C10H16.C7H14S/c1-8(2)10-5-6-11(9(3)7-10)12(13)14-4;2*1-8(2)14-10-5-3-9(4-6-10)11-15-12-7-13-16-11;1-7(2)10-6-8-3-4-9(10)5-8;1-6(2)7-3-4-8-5-7/h5-8H,1-4H3;2*3-8,14H,1-2H3;3-4,7-10H,5-6H2,1-2H3;6-7H,3-5H2,1-2H3. The van der Waals surface area contributed by atoms with Gasteiger partial charge in [-0.1, -0.05) is 65.8 Å². The van der Waals surface area contributed by atoms with Gasteiger partial charge in [0.2, 0.25) is 11.6 Å². The van der Waals surface area contributed by atoms with E-state index in [1.54, 1.807) is 0 Å². The summed E-state index contributed by atoms with van der Waals surface area (Å²) in [6.45, 7) is 24.0. The lowest BCUT2D eigenvalue weighted by molar-refractivity contribution is 0.0600. The molecular weight excluding hydrogens is 817 g/mol. The first kappa shape index (κ1) is 51.3. The molecule has 1 saturated carbocycles. The number of esters is 1. The number of nitrogens with one attached hydrogen (secondary N) is 2. The van der Waals surface area contributed by atoms with Gasteiger partial charge >= 0.3 is 5.97 Å². The number of fused-ring (bicyclic) bond motifs is 2. The van der Waals surface area contributed by atoms with Crippen molar-refractivity contribution in [2.75, 3.05) is 29.2 Å². The van der Waals surface area contributed by atoms with E-state index in [9.17, 15) is 4.79 Å². The van der Waals surface area contributed by atoms with Crippen LogP contribution >= 0.6 is 11.8 Å². The molecule has 2 N–H and O–H groups in total. The van der Waals surface area contributed by atoms with Crippen molar-refractivity contribution in [1.82, 2.24) is 40.8 Å². The van der Waals surface area contributed by atoms with Crippen molar-refractivity contribution < 1.29 is 9.53 Å². The van der Waals surface area contributed by atoms with Crippen LogP contribution in [0.1, 0.15) is 116 Å². The van der Waals surface area contributed by atoms with Gasteiger partial charge in [0, 0.05) is 34.6 Å². The Kier molecular flexibility index (Phi) is 21.2. The van der Waals surface area contributed by atoms with Gasteiger partial charge in [-0.2, -0.15) is 11.8 Å². The quantitative estimate of drug-likeness (QED) is 0.101. The van der Waals surface area contributed by atoms with Gasteiger partial charge in [-0.05, 0) is 173 Å². The van der Waals surface area contributed by atoms with Crippen LogP contribution < -0.4 is 10.6 Å². The summed E-state index contributed by atoms with van der Waals surface area (Å²) in [5.41, 5.74) is 6.85. The summed E-state index contributed by atoms with van der Waals surface area (Å²) in [7, 11) is 1.40. The topological polar surface area (TPSA) is 153 Å². The van der Waals surface area contributed by atoms with Crippen LogP contribution in [0.3, 0.4) is 0 Å². The molecule has 2 aliphatic carbocycles. The molecule has 3 aliphatic rings. The van der Waals surface area contributed by atoms with Gasteiger partial charge in [-0.15, -0.1) is 40.8 Å². The predicted molar refractivity (Wildman–Crippen MR) is 264 cm³/mol. The van der Waals surface area contributed by atoms with Crippen LogP contribution in [0.15, 0.2) is 91.5 Å². The molecule has 64 heavy (non-hydrogen) atoms. The van der Waals surface area contributed by atoms with Crippen molar-refractivity contribution in [2.45, 2.75) is 113 Å². The van der Waals surface area contributed by atoms with Gasteiger partial charge in [0.25, 0.3) is 0 Å². The number of carbonyl (C=O) groups excluding carboxylic acids is 1. The number of rotatable bonds is 10. The van der Waals surface area contributed by atoms with Crippen molar-refractivity contribution in [1.29, 1.82) is 0 Å². The molecule has 12 nitrogen and oxygen atoms in total. The van der Waals surface area contributed by atoms with E-state index in [4.69, 9.17) is 0 Å². The SMILES string of the molecule is CC(C)C1CC2C=CC1C2.CC(C)C1CCSC1.CC(C)Nc1ccc(-c2nncnn2)cc1.CC(C)Nc1ccc(-c2nncnn2)cc1.COC(=O)c1ccc(C(C)C)cc1C. The molecule has 0 amide bonds. The maximum absolute atomic E-state index is 11.3. The van der Waals surface area contributed by atoms with Crippen molar-refractivity contribution in [3.05, 3.63) is 108 Å². The van der Waals surface area contributed by atoms with E-state index in [1.165, 1.54) is 56.1 Å². The Morgan fingerprint density at radius 1 is 0.672 bits per heavy atom. The molecular formula is C51H72N10O2S. The second-order valence-corrected chi connectivity index (χ2v) is 19.4. The lowest BCUT2D eigenvalue weighted by atomic mass is 9.84. The average molecular weight is 889 g/mol. The number of methoxy groups -OCH3 is 1. The zero-order valence-corrected chi connectivity index (χ0v) is 41.0. The molecule has 2 aromatic heterocycles. The molecule has 3 aromatic carbocycles. The summed E-state index contributed by atoms with van der Waals surface area (Å²) in [6.07, 6.45) is 11.9. The molecule has 1 aliphatic heterocycles. The fourth-order valence-corrected chi connectivity index (χ4v) is 9.28. The molecule has 2 bridgehead atoms. The number of anilines is 2.